The molecule has 1 rings (SSSR count). The summed E-state index contributed by atoms with van der Waals surface area (Å²) < 4.78 is 51.1. The predicted octanol–water partition coefficient (Wildman–Crippen LogP) is 2.40. The van der Waals surface area contributed by atoms with Gasteiger partial charge in [0, 0.05) is 0 Å². The van der Waals surface area contributed by atoms with Gasteiger partial charge in [-0.25, -0.2) is 0 Å². The number of hydrogen-bond donors (Lipinski definition) is 0. The third-order valence-electron chi connectivity index (χ3n) is 1.48. The first-order valence-electron chi connectivity index (χ1n) is 3.97. The monoisotopic (exact) mass is 267 g/mol. The van der Waals surface area contributed by atoms with Crippen LogP contribution >= 0.6 is 0 Å². The molecule has 14 heavy (non-hydrogen) atoms. The zero-order valence-electron chi connectivity index (χ0n) is 7.61. The molecule has 0 aliphatic heterocycles. The van der Waals surface area contributed by atoms with Crippen molar-refractivity contribution in [2.24, 2.45) is 0 Å². The molecule has 0 aliphatic rings. The molecule has 1 aromatic rings. The molecular weight excluding hydrogens is 259 g/mol. The van der Waals surface area contributed by atoms with Crippen LogP contribution in [0, 0.1) is 23.3 Å². The molecule has 76 valence electrons. The fourth-order valence-corrected chi connectivity index (χ4v) is 2.94. The van der Waals surface area contributed by atoms with Crippen LogP contribution in [0.3, 0.4) is 0 Å². The van der Waals surface area contributed by atoms with Gasteiger partial charge in [-0.15, -0.1) is 0 Å². The quantitative estimate of drug-likeness (QED) is 0.334. The molecule has 0 amide bonds. The molecule has 0 aliphatic carbocycles. The van der Waals surface area contributed by atoms with Gasteiger partial charge in [-0.2, -0.15) is 0 Å². The van der Waals surface area contributed by atoms with Crippen molar-refractivity contribution < 1.29 is 17.6 Å². The van der Waals surface area contributed by atoms with Crippen LogP contribution in [0.1, 0.15) is 13.8 Å². The molecule has 0 N–H and O–H groups in total. The van der Waals surface area contributed by atoms with Gasteiger partial charge in [0.2, 0.25) is 0 Å². The third-order valence-corrected chi connectivity index (χ3v) is 3.83. The Hall–Kier alpha value is -0.502. The predicted molar refractivity (Wildman–Crippen MR) is 46.8 cm³/mol. The van der Waals surface area contributed by atoms with Gasteiger partial charge in [0.25, 0.3) is 0 Å². The number of benzene rings is 1. The van der Waals surface area contributed by atoms with Crippen LogP contribution in [0.5, 0.6) is 0 Å². The Morgan fingerprint density at radius 1 is 1.00 bits per heavy atom. The summed E-state index contributed by atoms with van der Waals surface area (Å²) in [5.74, 6) is -6.03. The molecule has 1 aromatic carbocycles. The van der Waals surface area contributed by atoms with E-state index in [1.807, 2.05) is 13.8 Å². The van der Waals surface area contributed by atoms with Gasteiger partial charge < -0.3 is 0 Å². The average molecular weight is 267 g/mol. The summed E-state index contributed by atoms with van der Waals surface area (Å²) in [6, 6.07) is 0.744. The van der Waals surface area contributed by atoms with Crippen molar-refractivity contribution in [2.45, 2.75) is 18.6 Å². The Morgan fingerprint density at radius 2 is 1.57 bits per heavy atom. The van der Waals surface area contributed by atoms with Gasteiger partial charge in [0.1, 0.15) is 0 Å². The van der Waals surface area contributed by atoms with Crippen LogP contribution in [0.15, 0.2) is 6.07 Å². The summed E-state index contributed by atoms with van der Waals surface area (Å²) >= 11 is -0.674. The molecule has 0 saturated carbocycles. The second kappa shape index (κ2) is 4.35. The van der Waals surface area contributed by atoms with Crippen LogP contribution in [0.25, 0.3) is 0 Å². The van der Waals surface area contributed by atoms with Gasteiger partial charge in [0.05, 0.1) is 0 Å². The van der Waals surface area contributed by atoms with Crippen LogP contribution in [0.2, 0.25) is 4.71 Å². The van der Waals surface area contributed by atoms with Crippen molar-refractivity contribution in [3.05, 3.63) is 29.3 Å². The van der Waals surface area contributed by atoms with Crippen molar-refractivity contribution in [3.63, 3.8) is 0 Å². The molecular formula is C9H8AsF4+. The standard InChI is InChI=1S/C9H8AsF4/c1-4(2)10-5-3-6(11)8(13)9(14)7(5)12/h3-4H,1-2H3/q+1. The van der Waals surface area contributed by atoms with E-state index in [9.17, 15) is 17.6 Å². The van der Waals surface area contributed by atoms with Crippen molar-refractivity contribution >= 4 is 20.1 Å². The first-order chi connectivity index (χ1) is 6.43. The Balaban J connectivity index is 3.19. The normalized spacial score (nSPS) is 11.9. The van der Waals surface area contributed by atoms with Crippen LogP contribution in [-0.4, -0.2) is 15.8 Å². The topological polar surface area (TPSA) is 0 Å². The zero-order valence-corrected chi connectivity index (χ0v) is 9.49. The van der Waals surface area contributed by atoms with Crippen LogP contribution < -0.4 is 4.35 Å². The molecule has 0 aromatic heterocycles. The maximum absolute atomic E-state index is 13.0. The summed E-state index contributed by atoms with van der Waals surface area (Å²) in [7, 11) is 0. The molecule has 0 atom stereocenters. The van der Waals surface area contributed by atoms with Gasteiger partial charge in [-0.3, -0.25) is 0 Å². The van der Waals surface area contributed by atoms with E-state index < -0.39 is 39.0 Å². The Morgan fingerprint density at radius 3 is 2.07 bits per heavy atom. The van der Waals surface area contributed by atoms with Gasteiger partial charge in [0.15, 0.2) is 0 Å². The van der Waals surface area contributed by atoms with Crippen molar-refractivity contribution in [1.29, 1.82) is 0 Å². The van der Waals surface area contributed by atoms with E-state index in [4.69, 9.17) is 0 Å². The van der Waals surface area contributed by atoms with E-state index in [2.05, 4.69) is 0 Å². The zero-order chi connectivity index (χ0) is 10.9. The minimum atomic E-state index is -1.74. The van der Waals surface area contributed by atoms with E-state index >= 15 is 0 Å². The average Bonchev–Trinajstić information content (AvgIpc) is 2.10. The molecule has 2 radical (unpaired) electrons. The van der Waals surface area contributed by atoms with Crippen molar-refractivity contribution in [1.82, 2.24) is 0 Å². The first kappa shape index (κ1) is 11.6. The van der Waals surface area contributed by atoms with Crippen molar-refractivity contribution in [2.75, 3.05) is 0 Å². The van der Waals surface area contributed by atoms with E-state index in [-0.39, 0.29) is 9.06 Å². The van der Waals surface area contributed by atoms with E-state index in [1.54, 1.807) is 0 Å². The second-order valence-corrected chi connectivity index (χ2v) is 6.76. The summed E-state index contributed by atoms with van der Waals surface area (Å²) in [5, 5.41) is 0. The van der Waals surface area contributed by atoms with Gasteiger partial charge in [-0.1, -0.05) is 0 Å². The van der Waals surface area contributed by atoms with Gasteiger partial charge in [-0.05, 0) is 0 Å². The molecule has 5 heteroatoms. The van der Waals surface area contributed by atoms with Gasteiger partial charge >= 0.3 is 85.6 Å². The van der Waals surface area contributed by atoms with E-state index in [0.29, 0.717) is 0 Å². The second-order valence-electron chi connectivity index (χ2n) is 3.04. The Labute approximate surface area is 86.0 Å². The summed E-state index contributed by atoms with van der Waals surface area (Å²) in [5.41, 5.74) is 0. The summed E-state index contributed by atoms with van der Waals surface area (Å²) in [6.07, 6.45) is 0. The summed E-state index contributed by atoms with van der Waals surface area (Å²) in [4.78, 5) is 0. The third kappa shape index (κ3) is 2.30. The fourth-order valence-electron chi connectivity index (χ4n) is 0.933. The maximum atomic E-state index is 13.0. The minimum absolute atomic E-state index is 0.0346. The molecule has 0 nitrogen and oxygen atoms in total. The SMILES string of the molecule is CC(C)[As+]c1cc(F)c(F)c(F)c1F. The van der Waals surface area contributed by atoms with E-state index in [0.717, 1.165) is 6.07 Å². The molecule has 0 bridgehead atoms. The van der Waals surface area contributed by atoms with E-state index in [1.165, 1.54) is 0 Å². The number of hydrogen-bond acceptors (Lipinski definition) is 0. The molecule has 0 unspecified atom stereocenters. The molecule has 0 spiro atoms. The number of halogens is 4. The molecule has 0 saturated heterocycles. The fraction of sp³-hybridized carbons (Fsp3) is 0.333. The Bertz CT molecular complexity index is 349. The molecule has 0 heterocycles. The van der Waals surface area contributed by atoms with Crippen molar-refractivity contribution in [3.8, 4) is 0 Å². The number of rotatable bonds is 2. The first-order valence-corrected chi connectivity index (χ1v) is 5.99. The Kier molecular flexibility index (Phi) is 3.59. The summed E-state index contributed by atoms with van der Waals surface area (Å²) in [6.45, 7) is 3.64. The molecule has 0 fully saturated rings. The van der Waals surface area contributed by atoms with Crippen LogP contribution in [0.4, 0.5) is 17.6 Å². The van der Waals surface area contributed by atoms with Crippen LogP contribution in [-0.2, 0) is 0 Å².